The van der Waals surface area contributed by atoms with E-state index in [0.717, 1.165) is 0 Å². The first kappa shape index (κ1) is 17.9. The molecular formula is C15H28N2O4. The molecule has 2 atom stereocenters. The van der Waals surface area contributed by atoms with Gasteiger partial charge in [-0.3, -0.25) is 9.59 Å². The highest BCUT2D eigenvalue weighted by atomic mass is 16.5. The van der Waals surface area contributed by atoms with Crippen LogP contribution in [-0.2, 0) is 19.1 Å². The zero-order valence-corrected chi connectivity index (χ0v) is 13.8. The second-order valence-electron chi connectivity index (χ2n) is 6.56. The van der Waals surface area contributed by atoms with Crippen LogP contribution < -0.4 is 5.32 Å². The lowest BCUT2D eigenvalue weighted by molar-refractivity contribution is -0.138. The topological polar surface area (TPSA) is 67.9 Å². The van der Waals surface area contributed by atoms with Crippen molar-refractivity contribution in [2.75, 3.05) is 33.5 Å². The van der Waals surface area contributed by atoms with Crippen molar-refractivity contribution < 1.29 is 19.1 Å². The third kappa shape index (κ3) is 5.28. The number of hydrogen-bond acceptors (Lipinski definition) is 4. The van der Waals surface area contributed by atoms with Crippen LogP contribution in [0.5, 0.6) is 0 Å². The lowest BCUT2D eigenvalue weighted by atomic mass is 9.86. The minimum absolute atomic E-state index is 0.0313. The molecular weight excluding hydrogens is 272 g/mol. The molecule has 122 valence electrons. The van der Waals surface area contributed by atoms with Crippen LogP contribution in [0.15, 0.2) is 0 Å². The van der Waals surface area contributed by atoms with E-state index in [4.69, 9.17) is 9.47 Å². The van der Waals surface area contributed by atoms with Gasteiger partial charge in [-0.2, -0.15) is 0 Å². The summed E-state index contributed by atoms with van der Waals surface area (Å²) >= 11 is 0. The van der Waals surface area contributed by atoms with Crippen LogP contribution in [0.25, 0.3) is 0 Å². The summed E-state index contributed by atoms with van der Waals surface area (Å²) in [4.78, 5) is 26.4. The highest BCUT2D eigenvalue weighted by Gasteiger charge is 2.39. The van der Waals surface area contributed by atoms with Crippen LogP contribution in [0, 0.1) is 5.41 Å². The predicted octanol–water partition coefficient (Wildman–Crippen LogP) is 0.801. The van der Waals surface area contributed by atoms with Gasteiger partial charge in [0.25, 0.3) is 0 Å². The molecule has 1 aliphatic heterocycles. The number of carbonyl (C=O) groups excluding carboxylic acids is 2. The van der Waals surface area contributed by atoms with E-state index in [9.17, 15) is 9.59 Å². The predicted molar refractivity (Wildman–Crippen MR) is 79.9 cm³/mol. The van der Waals surface area contributed by atoms with Crippen LogP contribution in [-0.4, -0.2) is 62.3 Å². The first-order valence-electron chi connectivity index (χ1n) is 7.44. The number of carbonyl (C=O) groups is 2. The van der Waals surface area contributed by atoms with Crippen LogP contribution in [0.4, 0.5) is 0 Å². The van der Waals surface area contributed by atoms with Gasteiger partial charge in [-0.05, 0) is 12.3 Å². The minimum atomic E-state index is -0.492. The molecule has 1 saturated heterocycles. The van der Waals surface area contributed by atoms with E-state index in [1.54, 1.807) is 12.0 Å². The smallest absolute Gasteiger partial charge is 0.246 e. The number of amides is 2. The molecule has 0 aromatic rings. The highest BCUT2D eigenvalue weighted by molar-refractivity contribution is 5.91. The van der Waals surface area contributed by atoms with Gasteiger partial charge in [0.1, 0.15) is 6.04 Å². The largest absolute Gasteiger partial charge is 0.382 e. The maximum absolute atomic E-state index is 12.7. The van der Waals surface area contributed by atoms with Crippen LogP contribution in [0.2, 0.25) is 0 Å². The Balaban J connectivity index is 2.70. The molecule has 0 aromatic heterocycles. The standard InChI is InChI=1S/C15H28N2O4/c1-11-10-12(18)16-13(15(2,3)4)14(19)17(11)6-7-21-9-8-20-5/h11,13H,6-10H2,1-5H3,(H,16,18). The molecule has 0 bridgehead atoms. The molecule has 1 heterocycles. The van der Waals surface area contributed by atoms with E-state index < -0.39 is 6.04 Å². The second-order valence-corrected chi connectivity index (χ2v) is 6.56. The van der Waals surface area contributed by atoms with Crippen molar-refractivity contribution in [3.63, 3.8) is 0 Å². The number of ether oxygens (including phenoxy) is 2. The fourth-order valence-corrected chi connectivity index (χ4v) is 2.37. The monoisotopic (exact) mass is 300 g/mol. The first-order chi connectivity index (χ1) is 9.77. The Morgan fingerprint density at radius 2 is 1.90 bits per heavy atom. The van der Waals surface area contributed by atoms with Gasteiger partial charge < -0.3 is 19.7 Å². The molecule has 2 unspecified atom stereocenters. The summed E-state index contributed by atoms with van der Waals surface area (Å²) in [5.41, 5.74) is -0.314. The third-order valence-electron chi connectivity index (χ3n) is 3.62. The molecule has 0 spiro atoms. The van der Waals surface area contributed by atoms with Crippen molar-refractivity contribution in [2.45, 2.75) is 46.2 Å². The van der Waals surface area contributed by atoms with Crippen LogP contribution in [0.3, 0.4) is 0 Å². The van der Waals surface area contributed by atoms with Gasteiger partial charge in [0.05, 0.1) is 19.8 Å². The molecule has 6 heteroatoms. The maximum atomic E-state index is 12.7. The highest BCUT2D eigenvalue weighted by Crippen LogP contribution is 2.24. The van der Waals surface area contributed by atoms with Crippen molar-refractivity contribution >= 4 is 11.8 Å². The Morgan fingerprint density at radius 1 is 1.24 bits per heavy atom. The second kappa shape index (κ2) is 7.75. The van der Waals surface area contributed by atoms with E-state index in [-0.39, 0.29) is 23.3 Å². The van der Waals surface area contributed by atoms with Crippen molar-refractivity contribution in [3.8, 4) is 0 Å². The Hall–Kier alpha value is -1.14. The summed E-state index contributed by atoms with van der Waals surface area (Å²) < 4.78 is 10.3. The quantitative estimate of drug-likeness (QED) is 0.737. The van der Waals surface area contributed by atoms with Gasteiger partial charge in [0.2, 0.25) is 11.8 Å². The molecule has 21 heavy (non-hydrogen) atoms. The summed E-state index contributed by atoms with van der Waals surface area (Å²) in [7, 11) is 1.62. The molecule has 0 aromatic carbocycles. The van der Waals surface area contributed by atoms with Crippen LogP contribution in [0.1, 0.15) is 34.1 Å². The molecule has 6 nitrogen and oxygen atoms in total. The number of hydrogen-bond donors (Lipinski definition) is 1. The molecule has 1 aliphatic rings. The Morgan fingerprint density at radius 3 is 2.48 bits per heavy atom. The van der Waals surface area contributed by atoms with Crippen molar-refractivity contribution in [1.82, 2.24) is 10.2 Å². The summed E-state index contributed by atoms with van der Waals surface area (Å²) in [6.45, 7) is 9.76. The molecule has 2 amide bonds. The van der Waals surface area contributed by atoms with Crippen molar-refractivity contribution in [1.29, 1.82) is 0 Å². The zero-order chi connectivity index (χ0) is 16.0. The summed E-state index contributed by atoms with van der Waals surface area (Å²) in [6.07, 6.45) is 0.330. The Bertz CT molecular complexity index is 365. The molecule has 1 fully saturated rings. The van der Waals surface area contributed by atoms with Gasteiger partial charge in [0, 0.05) is 26.1 Å². The van der Waals surface area contributed by atoms with Gasteiger partial charge in [-0.1, -0.05) is 20.8 Å². The molecule has 0 aliphatic carbocycles. The van der Waals surface area contributed by atoms with Gasteiger partial charge in [-0.15, -0.1) is 0 Å². The van der Waals surface area contributed by atoms with E-state index in [1.165, 1.54) is 0 Å². The van der Waals surface area contributed by atoms with E-state index in [1.807, 2.05) is 27.7 Å². The number of rotatable bonds is 6. The van der Waals surface area contributed by atoms with Gasteiger partial charge in [0.15, 0.2) is 0 Å². The lowest BCUT2D eigenvalue weighted by Gasteiger charge is -2.34. The number of nitrogens with zero attached hydrogens (tertiary/aromatic N) is 1. The van der Waals surface area contributed by atoms with Crippen molar-refractivity contribution in [2.24, 2.45) is 5.41 Å². The van der Waals surface area contributed by atoms with E-state index in [2.05, 4.69) is 5.32 Å². The molecule has 0 saturated carbocycles. The van der Waals surface area contributed by atoms with Gasteiger partial charge >= 0.3 is 0 Å². The van der Waals surface area contributed by atoms with Gasteiger partial charge in [-0.25, -0.2) is 0 Å². The Labute approximate surface area is 127 Å². The number of methoxy groups -OCH3 is 1. The summed E-state index contributed by atoms with van der Waals surface area (Å²) in [5, 5.41) is 2.85. The zero-order valence-electron chi connectivity index (χ0n) is 13.8. The third-order valence-corrected chi connectivity index (χ3v) is 3.62. The Kier molecular flexibility index (Phi) is 6.61. The average Bonchev–Trinajstić information content (AvgIpc) is 2.47. The average molecular weight is 300 g/mol. The van der Waals surface area contributed by atoms with E-state index in [0.29, 0.717) is 32.8 Å². The summed E-state index contributed by atoms with van der Waals surface area (Å²) in [5.74, 6) is -0.102. The summed E-state index contributed by atoms with van der Waals surface area (Å²) in [6, 6.07) is -0.607. The van der Waals surface area contributed by atoms with Crippen LogP contribution >= 0.6 is 0 Å². The lowest BCUT2D eigenvalue weighted by Crippen LogP contribution is -2.53. The maximum Gasteiger partial charge on any atom is 0.246 e. The first-order valence-corrected chi connectivity index (χ1v) is 7.44. The molecule has 1 N–H and O–H groups in total. The molecule has 1 rings (SSSR count). The van der Waals surface area contributed by atoms with E-state index >= 15 is 0 Å². The normalized spacial score (nSPS) is 24.0. The molecule has 0 radical (unpaired) electrons. The fraction of sp³-hybridized carbons (Fsp3) is 0.867. The fourth-order valence-electron chi connectivity index (χ4n) is 2.37. The minimum Gasteiger partial charge on any atom is -0.382 e. The SMILES string of the molecule is COCCOCCN1C(=O)C(C(C)(C)C)NC(=O)CC1C. The number of nitrogens with one attached hydrogen (secondary N) is 1. The van der Waals surface area contributed by atoms with Crippen molar-refractivity contribution in [3.05, 3.63) is 0 Å².